The van der Waals surface area contributed by atoms with E-state index >= 15 is 0 Å². The van der Waals surface area contributed by atoms with Crippen molar-refractivity contribution in [2.75, 3.05) is 19.0 Å². The van der Waals surface area contributed by atoms with E-state index in [9.17, 15) is 13.2 Å². The number of hydrogen-bond donors (Lipinski definition) is 2. The number of anilines is 1. The molecule has 1 aliphatic carbocycles. The summed E-state index contributed by atoms with van der Waals surface area (Å²) < 4.78 is 27.3. The highest BCUT2D eigenvalue weighted by Crippen LogP contribution is 2.25. The molecule has 1 heterocycles. The molecule has 8 heteroatoms. The summed E-state index contributed by atoms with van der Waals surface area (Å²) in [6.07, 6.45) is 3.42. The Bertz CT molecular complexity index is 620. The molecule has 22 heavy (non-hydrogen) atoms. The predicted molar refractivity (Wildman–Crippen MR) is 82.3 cm³/mol. The normalized spacial score (nSPS) is 22.3. The molecule has 2 N–H and O–H groups in total. The van der Waals surface area contributed by atoms with Crippen LogP contribution in [-0.2, 0) is 14.8 Å². The maximum absolute atomic E-state index is 12.3. The second-order valence-corrected chi connectivity index (χ2v) is 7.47. The van der Waals surface area contributed by atoms with Gasteiger partial charge in [-0.05, 0) is 37.8 Å². The molecular weight excluding hydrogens is 306 g/mol. The fourth-order valence-electron chi connectivity index (χ4n) is 2.54. The van der Waals surface area contributed by atoms with E-state index in [2.05, 4.69) is 9.71 Å². The molecule has 0 aliphatic heterocycles. The van der Waals surface area contributed by atoms with Gasteiger partial charge in [0.15, 0.2) is 0 Å². The lowest BCUT2D eigenvalue weighted by Gasteiger charge is -2.26. The molecule has 1 aromatic heterocycles. The van der Waals surface area contributed by atoms with Crippen molar-refractivity contribution in [1.29, 1.82) is 0 Å². The fraction of sp³-hybridized carbons (Fsp3) is 0.571. The molecule has 122 valence electrons. The van der Waals surface area contributed by atoms with Crippen LogP contribution in [0.3, 0.4) is 0 Å². The largest absolute Gasteiger partial charge is 0.481 e. The Labute approximate surface area is 130 Å². The van der Waals surface area contributed by atoms with Crippen LogP contribution in [0.1, 0.15) is 25.7 Å². The highest BCUT2D eigenvalue weighted by molar-refractivity contribution is 7.89. The van der Waals surface area contributed by atoms with Gasteiger partial charge in [0, 0.05) is 26.3 Å². The van der Waals surface area contributed by atoms with Crippen LogP contribution in [0, 0.1) is 5.92 Å². The predicted octanol–water partition coefficient (Wildman–Crippen LogP) is 1.07. The maximum Gasteiger partial charge on any atom is 0.306 e. The zero-order chi connectivity index (χ0) is 16.3. The summed E-state index contributed by atoms with van der Waals surface area (Å²) in [6.45, 7) is 0. The second kappa shape index (κ2) is 6.62. The Morgan fingerprint density at radius 3 is 2.36 bits per heavy atom. The van der Waals surface area contributed by atoms with Crippen molar-refractivity contribution in [3.05, 3.63) is 18.3 Å². The minimum atomic E-state index is -3.62. The number of carbonyl (C=O) groups is 1. The topological polar surface area (TPSA) is 99.6 Å². The van der Waals surface area contributed by atoms with Crippen LogP contribution in [0.2, 0.25) is 0 Å². The quantitative estimate of drug-likeness (QED) is 0.839. The lowest BCUT2D eigenvalue weighted by molar-refractivity contribution is -0.142. The van der Waals surface area contributed by atoms with Crippen molar-refractivity contribution >= 4 is 21.8 Å². The van der Waals surface area contributed by atoms with Gasteiger partial charge in [-0.1, -0.05) is 0 Å². The second-order valence-electron chi connectivity index (χ2n) is 5.75. The van der Waals surface area contributed by atoms with Gasteiger partial charge in [0.2, 0.25) is 10.0 Å². The smallest absolute Gasteiger partial charge is 0.306 e. The number of rotatable bonds is 5. The Morgan fingerprint density at radius 1 is 1.27 bits per heavy atom. The highest BCUT2D eigenvalue weighted by atomic mass is 32.2. The molecule has 1 fully saturated rings. The summed E-state index contributed by atoms with van der Waals surface area (Å²) >= 11 is 0. The Balaban J connectivity index is 2.01. The van der Waals surface area contributed by atoms with Crippen LogP contribution < -0.4 is 9.62 Å². The summed E-state index contributed by atoms with van der Waals surface area (Å²) in [6, 6.07) is 2.96. The van der Waals surface area contributed by atoms with Crippen LogP contribution in [0.15, 0.2) is 23.2 Å². The summed E-state index contributed by atoms with van der Waals surface area (Å²) in [7, 11) is 0.0395. The number of carboxylic acid groups (broad SMARTS) is 1. The summed E-state index contributed by atoms with van der Waals surface area (Å²) in [5.74, 6) is -0.479. The lowest BCUT2D eigenvalue weighted by atomic mass is 9.87. The van der Waals surface area contributed by atoms with Gasteiger partial charge in [-0.2, -0.15) is 0 Å². The van der Waals surface area contributed by atoms with Gasteiger partial charge in [0.1, 0.15) is 10.7 Å². The Kier molecular flexibility index (Phi) is 5.02. The van der Waals surface area contributed by atoms with Crippen LogP contribution in [-0.4, -0.2) is 44.6 Å². The molecule has 0 aromatic carbocycles. The first-order chi connectivity index (χ1) is 10.3. The average molecular weight is 327 g/mol. The van der Waals surface area contributed by atoms with Crippen LogP contribution in [0.25, 0.3) is 0 Å². The molecule has 0 bridgehead atoms. The number of hydrogen-bond acceptors (Lipinski definition) is 5. The van der Waals surface area contributed by atoms with Gasteiger partial charge < -0.3 is 10.0 Å². The van der Waals surface area contributed by atoms with E-state index in [4.69, 9.17) is 5.11 Å². The van der Waals surface area contributed by atoms with Crippen LogP contribution >= 0.6 is 0 Å². The number of nitrogens with one attached hydrogen (secondary N) is 1. The first-order valence-electron chi connectivity index (χ1n) is 7.18. The van der Waals surface area contributed by atoms with E-state index in [0.29, 0.717) is 31.5 Å². The molecule has 0 amide bonds. The minimum Gasteiger partial charge on any atom is -0.481 e. The van der Waals surface area contributed by atoms with Gasteiger partial charge in [0.05, 0.1) is 5.92 Å². The third-order valence-electron chi connectivity index (χ3n) is 3.89. The number of aliphatic carboxylic acids is 1. The summed E-state index contributed by atoms with van der Waals surface area (Å²) in [4.78, 5) is 16.9. The van der Waals surface area contributed by atoms with Crippen LogP contribution in [0.5, 0.6) is 0 Å². The average Bonchev–Trinajstić information content (AvgIpc) is 2.47. The molecule has 1 aliphatic rings. The SMILES string of the molecule is CN(C)c1ccc(S(=O)(=O)NC2CCC(C(=O)O)CC2)cn1. The van der Waals surface area contributed by atoms with E-state index < -0.39 is 16.0 Å². The first-order valence-corrected chi connectivity index (χ1v) is 8.66. The van der Waals surface area contributed by atoms with Crippen molar-refractivity contribution in [3.8, 4) is 0 Å². The fourth-order valence-corrected chi connectivity index (χ4v) is 3.79. The highest BCUT2D eigenvalue weighted by Gasteiger charge is 2.28. The Morgan fingerprint density at radius 2 is 1.91 bits per heavy atom. The van der Waals surface area contributed by atoms with Crippen molar-refractivity contribution in [3.63, 3.8) is 0 Å². The molecule has 0 radical (unpaired) electrons. The summed E-state index contributed by atoms with van der Waals surface area (Å²) in [5.41, 5.74) is 0. The monoisotopic (exact) mass is 327 g/mol. The Hall–Kier alpha value is -1.67. The number of nitrogens with zero attached hydrogens (tertiary/aromatic N) is 2. The number of sulfonamides is 1. The molecule has 0 spiro atoms. The zero-order valence-corrected chi connectivity index (χ0v) is 13.5. The van der Waals surface area contributed by atoms with Crippen molar-refractivity contribution in [1.82, 2.24) is 9.71 Å². The third kappa shape index (κ3) is 3.95. The summed E-state index contributed by atoms with van der Waals surface area (Å²) in [5, 5.41) is 8.95. The molecule has 0 unspecified atom stereocenters. The zero-order valence-electron chi connectivity index (χ0n) is 12.7. The minimum absolute atomic E-state index is 0.124. The molecule has 1 aromatic rings. The molecule has 1 saturated carbocycles. The van der Waals surface area contributed by atoms with E-state index in [0.717, 1.165) is 0 Å². The van der Waals surface area contributed by atoms with Gasteiger partial charge in [-0.3, -0.25) is 4.79 Å². The maximum atomic E-state index is 12.3. The van der Waals surface area contributed by atoms with Gasteiger partial charge >= 0.3 is 5.97 Å². The van der Waals surface area contributed by atoms with E-state index in [-0.39, 0.29) is 16.9 Å². The number of aromatic nitrogens is 1. The van der Waals surface area contributed by atoms with Gasteiger partial charge in [0.25, 0.3) is 0 Å². The number of carboxylic acids is 1. The lowest BCUT2D eigenvalue weighted by Crippen LogP contribution is -2.38. The molecular formula is C14H21N3O4S. The van der Waals surface area contributed by atoms with Crippen molar-refractivity contribution < 1.29 is 18.3 Å². The third-order valence-corrected chi connectivity index (χ3v) is 5.39. The van der Waals surface area contributed by atoms with E-state index in [1.807, 2.05) is 14.1 Å². The van der Waals surface area contributed by atoms with Crippen molar-refractivity contribution in [2.24, 2.45) is 5.92 Å². The van der Waals surface area contributed by atoms with Crippen molar-refractivity contribution in [2.45, 2.75) is 36.6 Å². The first kappa shape index (κ1) is 16.7. The van der Waals surface area contributed by atoms with Gasteiger partial charge in [-0.15, -0.1) is 0 Å². The van der Waals surface area contributed by atoms with Crippen LogP contribution in [0.4, 0.5) is 5.82 Å². The number of pyridine rings is 1. The molecule has 2 rings (SSSR count). The molecule has 0 saturated heterocycles. The van der Waals surface area contributed by atoms with E-state index in [1.54, 1.807) is 11.0 Å². The van der Waals surface area contributed by atoms with E-state index in [1.165, 1.54) is 12.3 Å². The van der Waals surface area contributed by atoms with Gasteiger partial charge in [-0.25, -0.2) is 18.1 Å². The standard InChI is InChI=1S/C14H21N3O4S/c1-17(2)13-8-7-12(9-15-13)22(20,21)16-11-5-3-10(4-6-11)14(18)19/h7-11,16H,3-6H2,1-2H3,(H,18,19). The molecule has 7 nitrogen and oxygen atoms in total. The molecule has 0 atom stereocenters.